The van der Waals surface area contributed by atoms with Crippen molar-refractivity contribution in [1.29, 1.82) is 0 Å². The summed E-state index contributed by atoms with van der Waals surface area (Å²) in [6.07, 6.45) is 0. The zero-order valence-electron chi connectivity index (χ0n) is 30.3. The lowest BCUT2D eigenvalue weighted by molar-refractivity contribution is 1.65. The predicted octanol–water partition coefficient (Wildman–Crippen LogP) is 11.3. The fraction of sp³-hybridized carbons (Fsp3) is 0.0800. The number of hydrogen-bond acceptors (Lipinski definition) is 0. The second-order valence-corrected chi connectivity index (χ2v) is 24.2. The number of fused-ring (bicyclic) bond motifs is 4. The van der Waals surface area contributed by atoms with Gasteiger partial charge in [-0.3, -0.25) is 0 Å². The molecule has 0 amide bonds. The van der Waals surface area contributed by atoms with E-state index in [1.165, 1.54) is 86.1 Å². The maximum atomic E-state index is 2.47. The Balaban J connectivity index is 1.12. The molecule has 0 radical (unpaired) electrons. The Hall–Kier alpha value is -5.55. The fourth-order valence-corrected chi connectivity index (χ4v) is 13.0. The molecule has 0 fully saturated rings. The smallest absolute Gasteiger partial charge is 0.0620 e. The SMILES string of the molecule is C[Si](C)(c1ccc(-c2c3ccccc3c(-c3ccc([Si](C)(C)c4ccc5ccccc5c4)cc3)c3ccccc23)cc1)c1ccc2ccccc2c1. The van der Waals surface area contributed by atoms with Gasteiger partial charge in [0, 0.05) is 0 Å². The summed E-state index contributed by atoms with van der Waals surface area (Å²) in [4.78, 5) is 0. The van der Waals surface area contributed by atoms with E-state index in [2.05, 4.69) is 208 Å². The summed E-state index contributed by atoms with van der Waals surface area (Å²) in [5, 5.41) is 16.3. The van der Waals surface area contributed by atoms with Crippen molar-refractivity contribution in [1.82, 2.24) is 0 Å². The maximum Gasteiger partial charge on any atom is 0.112 e. The molecular weight excluding hydrogens is 657 g/mol. The van der Waals surface area contributed by atoms with Crippen molar-refractivity contribution in [3.8, 4) is 22.3 Å². The first-order valence-corrected chi connectivity index (χ1v) is 24.4. The molecule has 9 rings (SSSR count). The maximum absolute atomic E-state index is 2.47. The van der Waals surface area contributed by atoms with Crippen molar-refractivity contribution < 1.29 is 0 Å². The van der Waals surface area contributed by atoms with Gasteiger partial charge in [-0.15, -0.1) is 0 Å². The average molecular weight is 699 g/mol. The number of rotatable bonds is 6. The van der Waals surface area contributed by atoms with Crippen LogP contribution in [0.1, 0.15) is 0 Å². The predicted molar refractivity (Wildman–Crippen MR) is 234 cm³/mol. The summed E-state index contributed by atoms with van der Waals surface area (Å²) in [6.45, 7) is 9.90. The van der Waals surface area contributed by atoms with Gasteiger partial charge in [-0.2, -0.15) is 0 Å². The van der Waals surface area contributed by atoms with Gasteiger partial charge in [0.05, 0.1) is 0 Å². The molecule has 0 spiro atoms. The van der Waals surface area contributed by atoms with Crippen molar-refractivity contribution in [3.63, 3.8) is 0 Å². The molecule has 0 aliphatic carbocycles. The Kier molecular flexibility index (Phi) is 7.84. The molecule has 250 valence electrons. The van der Waals surface area contributed by atoms with Crippen molar-refractivity contribution >= 4 is 80.0 Å². The van der Waals surface area contributed by atoms with E-state index in [9.17, 15) is 0 Å². The highest BCUT2D eigenvalue weighted by atomic mass is 28.3. The molecule has 0 heterocycles. The molecular formula is C50H42Si2. The van der Waals surface area contributed by atoms with Crippen LogP contribution in [-0.2, 0) is 0 Å². The first-order chi connectivity index (χ1) is 25.3. The molecule has 0 saturated heterocycles. The lowest BCUT2D eigenvalue weighted by Gasteiger charge is -2.25. The van der Waals surface area contributed by atoms with Crippen LogP contribution in [0.2, 0.25) is 26.2 Å². The molecule has 0 aliphatic rings. The summed E-state index contributed by atoms with van der Waals surface area (Å²) in [7, 11) is -3.81. The molecule has 52 heavy (non-hydrogen) atoms. The molecule has 0 bridgehead atoms. The van der Waals surface area contributed by atoms with Gasteiger partial charge in [-0.25, -0.2) is 0 Å². The Morgan fingerprint density at radius 3 is 0.904 bits per heavy atom. The van der Waals surface area contributed by atoms with Gasteiger partial charge in [-0.1, -0.05) is 229 Å². The standard InChI is InChI=1S/C50H42Si2/c1-51(2,43-31-21-35-13-5-7-15-39(35)33-43)41-27-23-37(24-28-41)49-45-17-9-11-19-47(45)50(48-20-12-10-18-46(48)49)38-25-29-42(30-26-38)52(3,4)44-32-22-36-14-6-8-16-40(36)34-44/h5-34H,1-4H3. The van der Waals surface area contributed by atoms with E-state index < -0.39 is 16.1 Å². The zero-order chi connectivity index (χ0) is 35.5. The Labute approximate surface area is 309 Å². The Morgan fingerprint density at radius 1 is 0.269 bits per heavy atom. The van der Waals surface area contributed by atoms with Gasteiger partial charge in [-0.05, 0) is 65.3 Å². The third kappa shape index (κ3) is 5.42. The van der Waals surface area contributed by atoms with Crippen molar-refractivity contribution in [2.45, 2.75) is 26.2 Å². The third-order valence-electron chi connectivity index (χ3n) is 11.7. The highest BCUT2D eigenvalue weighted by Gasteiger charge is 2.28. The first kappa shape index (κ1) is 32.4. The van der Waals surface area contributed by atoms with Gasteiger partial charge in [0.1, 0.15) is 16.1 Å². The summed E-state index contributed by atoms with van der Waals surface area (Å²) >= 11 is 0. The molecule has 0 unspecified atom stereocenters. The van der Waals surface area contributed by atoms with Crippen LogP contribution in [0.15, 0.2) is 182 Å². The summed E-state index contributed by atoms with van der Waals surface area (Å²) in [5.41, 5.74) is 5.16. The minimum atomic E-state index is -1.91. The molecule has 2 heteroatoms. The van der Waals surface area contributed by atoms with Gasteiger partial charge in [0.2, 0.25) is 0 Å². The van der Waals surface area contributed by atoms with Crippen molar-refractivity contribution in [3.05, 3.63) is 182 Å². The molecule has 0 aliphatic heterocycles. The molecule has 0 aromatic heterocycles. The third-order valence-corrected chi connectivity index (χ3v) is 18.7. The lowest BCUT2D eigenvalue weighted by atomic mass is 9.86. The van der Waals surface area contributed by atoms with E-state index in [-0.39, 0.29) is 0 Å². The number of hydrogen-bond donors (Lipinski definition) is 0. The molecule has 0 nitrogen and oxygen atoms in total. The zero-order valence-corrected chi connectivity index (χ0v) is 32.3. The van der Waals surface area contributed by atoms with Crippen molar-refractivity contribution in [2.24, 2.45) is 0 Å². The normalized spacial score (nSPS) is 12.2. The van der Waals surface area contributed by atoms with Crippen LogP contribution in [0.3, 0.4) is 0 Å². The Morgan fingerprint density at radius 2 is 0.558 bits per heavy atom. The minimum Gasteiger partial charge on any atom is -0.0620 e. The van der Waals surface area contributed by atoms with Crippen LogP contribution < -0.4 is 20.7 Å². The van der Waals surface area contributed by atoms with Crippen LogP contribution >= 0.6 is 0 Å². The van der Waals surface area contributed by atoms with E-state index in [1.807, 2.05) is 0 Å². The highest BCUT2D eigenvalue weighted by Crippen LogP contribution is 2.43. The van der Waals surface area contributed by atoms with Crippen LogP contribution in [0.4, 0.5) is 0 Å². The molecule has 9 aromatic rings. The van der Waals surface area contributed by atoms with Gasteiger partial charge in [0.15, 0.2) is 0 Å². The van der Waals surface area contributed by atoms with E-state index >= 15 is 0 Å². The number of benzene rings is 9. The first-order valence-electron chi connectivity index (χ1n) is 18.4. The van der Waals surface area contributed by atoms with Crippen LogP contribution in [0, 0.1) is 0 Å². The fourth-order valence-electron chi connectivity index (χ4n) is 8.35. The Bertz CT molecular complexity index is 2520. The molecule has 0 saturated carbocycles. The monoisotopic (exact) mass is 698 g/mol. The van der Waals surface area contributed by atoms with E-state index in [0.29, 0.717) is 0 Å². The molecule has 9 aromatic carbocycles. The summed E-state index contributed by atoms with van der Waals surface area (Å²) < 4.78 is 0. The summed E-state index contributed by atoms with van der Waals surface area (Å²) in [5.74, 6) is 0. The molecule has 0 N–H and O–H groups in total. The van der Waals surface area contributed by atoms with E-state index in [4.69, 9.17) is 0 Å². The second kappa shape index (κ2) is 12.6. The van der Waals surface area contributed by atoms with Crippen LogP contribution in [0.5, 0.6) is 0 Å². The highest BCUT2D eigenvalue weighted by molar-refractivity contribution is 7.01. The van der Waals surface area contributed by atoms with Crippen LogP contribution in [-0.4, -0.2) is 16.1 Å². The van der Waals surface area contributed by atoms with Gasteiger partial charge >= 0.3 is 0 Å². The quantitative estimate of drug-likeness (QED) is 0.120. The van der Waals surface area contributed by atoms with E-state index in [1.54, 1.807) is 0 Å². The molecule has 0 atom stereocenters. The largest absolute Gasteiger partial charge is 0.112 e. The van der Waals surface area contributed by atoms with E-state index in [0.717, 1.165) is 0 Å². The van der Waals surface area contributed by atoms with Gasteiger partial charge < -0.3 is 0 Å². The minimum absolute atomic E-state index is 1.27. The second-order valence-electron chi connectivity index (χ2n) is 15.4. The van der Waals surface area contributed by atoms with Crippen molar-refractivity contribution in [2.75, 3.05) is 0 Å². The summed E-state index contributed by atoms with van der Waals surface area (Å²) in [6, 6.07) is 68.5. The van der Waals surface area contributed by atoms with Gasteiger partial charge in [0.25, 0.3) is 0 Å². The average Bonchev–Trinajstić information content (AvgIpc) is 3.19. The van der Waals surface area contributed by atoms with Crippen LogP contribution in [0.25, 0.3) is 65.3 Å². The lowest BCUT2D eigenvalue weighted by Crippen LogP contribution is -2.52. The topological polar surface area (TPSA) is 0 Å².